The van der Waals surface area contributed by atoms with Crippen molar-refractivity contribution in [3.63, 3.8) is 0 Å². The highest BCUT2D eigenvalue weighted by Crippen LogP contribution is 2.40. The van der Waals surface area contributed by atoms with E-state index in [1.807, 2.05) is 0 Å². The second-order valence-corrected chi connectivity index (χ2v) is 9.22. The maximum absolute atomic E-state index is 12.9. The molecule has 0 radical (unpaired) electrons. The Morgan fingerprint density at radius 3 is 2.62 bits per heavy atom. The number of hydrogen-bond donors (Lipinski definition) is 1. The highest BCUT2D eigenvalue weighted by atomic mass is 32.2. The first kappa shape index (κ1) is 15.7. The van der Waals surface area contributed by atoms with Gasteiger partial charge in [0.25, 0.3) is 10.2 Å². The molecule has 0 aromatic carbocycles. The lowest BCUT2D eigenvalue weighted by Crippen LogP contribution is -2.51. The summed E-state index contributed by atoms with van der Waals surface area (Å²) in [6.07, 6.45) is 5.50. The molecule has 5 nitrogen and oxygen atoms in total. The first-order valence-electron chi connectivity index (χ1n) is 8.47. The fourth-order valence-corrected chi connectivity index (χ4v) is 6.14. The molecule has 0 aromatic heterocycles. The lowest BCUT2D eigenvalue weighted by Gasteiger charge is -2.37. The van der Waals surface area contributed by atoms with E-state index in [-0.39, 0.29) is 6.04 Å². The zero-order valence-corrected chi connectivity index (χ0v) is 14.1. The predicted octanol–water partition coefficient (Wildman–Crippen LogP) is 1.43. The Morgan fingerprint density at radius 1 is 1.19 bits per heavy atom. The summed E-state index contributed by atoms with van der Waals surface area (Å²) in [5, 5.41) is 3.45. The van der Waals surface area contributed by atoms with Gasteiger partial charge in [-0.2, -0.15) is 17.0 Å². The summed E-state index contributed by atoms with van der Waals surface area (Å²) in [5.41, 5.74) is 0. The molecule has 2 saturated heterocycles. The summed E-state index contributed by atoms with van der Waals surface area (Å²) < 4.78 is 29.3. The highest BCUT2D eigenvalue weighted by molar-refractivity contribution is 7.86. The largest absolute Gasteiger partial charge is 0.314 e. The Morgan fingerprint density at radius 2 is 2.00 bits per heavy atom. The van der Waals surface area contributed by atoms with Crippen LogP contribution in [0, 0.1) is 11.8 Å². The van der Waals surface area contributed by atoms with Gasteiger partial charge in [-0.15, -0.1) is 0 Å². The highest BCUT2D eigenvalue weighted by Gasteiger charge is 2.46. The van der Waals surface area contributed by atoms with Crippen LogP contribution in [0.2, 0.25) is 0 Å². The van der Waals surface area contributed by atoms with Crippen LogP contribution < -0.4 is 5.32 Å². The van der Waals surface area contributed by atoms with Crippen LogP contribution in [0.4, 0.5) is 0 Å². The third-order valence-electron chi connectivity index (χ3n) is 5.28. The van der Waals surface area contributed by atoms with Gasteiger partial charge in [-0.3, -0.25) is 0 Å². The number of nitrogens with one attached hydrogen (secondary N) is 1. The summed E-state index contributed by atoms with van der Waals surface area (Å²) in [4.78, 5) is 0. The molecule has 2 heterocycles. The van der Waals surface area contributed by atoms with Crippen LogP contribution >= 0.6 is 0 Å². The topological polar surface area (TPSA) is 52.7 Å². The van der Waals surface area contributed by atoms with Crippen molar-refractivity contribution in [1.29, 1.82) is 0 Å². The molecule has 1 aliphatic carbocycles. The summed E-state index contributed by atoms with van der Waals surface area (Å²) in [7, 11) is -3.23. The van der Waals surface area contributed by atoms with Crippen molar-refractivity contribution in [2.75, 3.05) is 26.2 Å². The van der Waals surface area contributed by atoms with Gasteiger partial charge in [0.05, 0.1) is 0 Å². The molecule has 2 aliphatic heterocycles. The normalized spacial score (nSPS) is 34.9. The van der Waals surface area contributed by atoms with Crippen LogP contribution in [0.5, 0.6) is 0 Å². The molecule has 6 heteroatoms. The molecule has 1 N–H and O–H groups in total. The molecule has 1 saturated carbocycles. The zero-order valence-electron chi connectivity index (χ0n) is 13.3. The van der Waals surface area contributed by atoms with E-state index < -0.39 is 10.2 Å². The van der Waals surface area contributed by atoms with Gasteiger partial charge in [-0.05, 0) is 50.5 Å². The Bertz CT molecular complexity index is 466. The van der Waals surface area contributed by atoms with Crippen LogP contribution in [-0.4, -0.2) is 55.3 Å². The van der Waals surface area contributed by atoms with Crippen molar-refractivity contribution in [1.82, 2.24) is 13.9 Å². The van der Waals surface area contributed by atoms with Gasteiger partial charge in [0.1, 0.15) is 0 Å². The Balaban J connectivity index is 1.62. The molecular weight excluding hydrogens is 286 g/mol. The molecule has 3 aliphatic rings. The molecule has 122 valence electrons. The monoisotopic (exact) mass is 315 g/mol. The zero-order chi connectivity index (χ0) is 15.0. The fraction of sp³-hybridized carbons (Fsp3) is 1.00. The van der Waals surface area contributed by atoms with Gasteiger partial charge in [0, 0.05) is 31.7 Å². The average Bonchev–Trinajstić information content (AvgIpc) is 3.08. The summed E-state index contributed by atoms with van der Waals surface area (Å²) in [6.45, 7) is 7.36. The molecule has 3 unspecified atom stereocenters. The quantitative estimate of drug-likeness (QED) is 0.835. The Kier molecular flexibility index (Phi) is 4.60. The second-order valence-electron chi connectivity index (χ2n) is 7.34. The van der Waals surface area contributed by atoms with Crippen molar-refractivity contribution < 1.29 is 8.42 Å². The number of nitrogens with zero attached hydrogens (tertiary/aromatic N) is 2. The lowest BCUT2D eigenvalue weighted by atomic mass is 9.99. The van der Waals surface area contributed by atoms with Crippen molar-refractivity contribution >= 4 is 10.2 Å². The third kappa shape index (κ3) is 3.28. The smallest absolute Gasteiger partial charge is 0.282 e. The molecule has 0 aromatic rings. The predicted molar refractivity (Wildman–Crippen MR) is 84.2 cm³/mol. The minimum absolute atomic E-state index is 0.286. The molecule has 0 spiro atoms. The fourth-order valence-electron chi connectivity index (χ4n) is 4.12. The van der Waals surface area contributed by atoms with Gasteiger partial charge in [0.15, 0.2) is 0 Å². The van der Waals surface area contributed by atoms with Crippen LogP contribution in [0.3, 0.4) is 0 Å². The van der Waals surface area contributed by atoms with Gasteiger partial charge >= 0.3 is 0 Å². The van der Waals surface area contributed by atoms with E-state index in [0.29, 0.717) is 31.0 Å². The van der Waals surface area contributed by atoms with Crippen molar-refractivity contribution in [2.24, 2.45) is 11.8 Å². The summed E-state index contributed by atoms with van der Waals surface area (Å²) in [6, 6.07) is 0.750. The maximum atomic E-state index is 12.9. The molecule has 0 amide bonds. The van der Waals surface area contributed by atoms with Crippen LogP contribution in [-0.2, 0) is 10.2 Å². The second kappa shape index (κ2) is 6.14. The van der Waals surface area contributed by atoms with Gasteiger partial charge < -0.3 is 5.32 Å². The lowest BCUT2D eigenvalue weighted by molar-refractivity contribution is 0.229. The van der Waals surface area contributed by atoms with Crippen molar-refractivity contribution in [3.05, 3.63) is 0 Å². The van der Waals surface area contributed by atoms with E-state index >= 15 is 0 Å². The minimum Gasteiger partial charge on any atom is -0.314 e. The Labute approximate surface area is 129 Å². The van der Waals surface area contributed by atoms with Crippen LogP contribution in [0.25, 0.3) is 0 Å². The summed E-state index contributed by atoms with van der Waals surface area (Å²) >= 11 is 0. The molecule has 2 bridgehead atoms. The molecule has 3 fully saturated rings. The van der Waals surface area contributed by atoms with Gasteiger partial charge in [-0.25, -0.2) is 0 Å². The summed E-state index contributed by atoms with van der Waals surface area (Å²) in [5.74, 6) is 1.07. The molecule has 3 atom stereocenters. The van der Waals surface area contributed by atoms with E-state index in [0.717, 1.165) is 38.8 Å². The first-order valence-corrected chi connectivity index (χ1v) is 9.87. The van der Waals surface area contributed by atoms with Crippen molar-refractivity contribution in [3.8, 4) is 0 Å². The van der Waals surface area contributed by atoms with E-state index in [1.165, 1.54) is 6.42 Å². The van der Waals surface area contributed by atoms with Crippen molar-refractivity contribution in [2.45, 2.75) is 58.0 Å². The maximum Gasteiger partial charge on any atom is 0.282 e. The SMILES string of the molecule is CC(C)NCC1CCCN(S(=O)(=O)N2CC3CCC2C3)C1. The van der Waals surface area contributed by atoms with E-state index in [9.17, 15) is 8.42 Å². The van der Waals surface area contributed by atoms with E-state index in [1.54, 1.807) is 8.61 Å². The molecular formula is C15H29N3O2S. The standard InChI is InChI=1S/C15H29N3O2S/c1-12(2)16-9-14-4-3-7-17(10-14)21(19,20)18-11-13-5-6-15(18)8-13/h12-16H,3-11H2,1-2H3. The minimum atomic E-state index is -3.23. The molecule has 3 rings (SSSR count). The number of hydrogen-bond acceptors (Lipinski definition) is 3. The molecule has 21 heavy (non-hydrogen) atoms. The Hall–Kier alpha value is -0.170. The van der Waals surface area contributed by atoms with E-state index in [4.69, 9.17) is 0 Å². The number of piperidine rings is 2. The third-order valence-corrected chi connectivity index (χ3v) is 7.30. The van der Waals surface area contributed by atoms with Gasteiger partial charge in [0.2, 0.25) is 0 Å². The van der Waals surface area contributed by atoms with E-state index in [2.05, 4.69) is 19.2 Å². The number of rotatable bonds is 5. The number of fused-ring (bicyclic) bond motifs is 2. The van der Waals surface area contributed by atoms with Gasteiger partial charge in [-0.1, -0.05) is 13.8 Å². The van der Waals surface area contributed by atoms with Crippen LogP contribution in [0.1, 0.15) is 46.0 Å². The average molecular weight is 315 g/mol. The van der Waals surface area contributed by atoms with Crippen LogP contribution in [0.15, 0.2) is 0 Å². The first-order chi connectivity index (χ1) is 9.96.